The van der Waals surface area contributed by atoms with Gasteiger partial charge in [-0.25, -0.2) is 4.79 Å². The molecule has 0 aliphatic heterocycles. The third-order valence-corrected chi connectivity index (χ3v) is 5.38. The molecule has 5 heteroatoms. The van der Waals surface area contributed by atoms with Crippen molar-refractivity contribution in [1.82, 2.24) is 0 Å². The van der Waals surface area contributed by atoms with Crippen molar-refractivity contribution in [1.29, 1.82) is 0 Å². The zero-order valence-electron chi connectivity index (χ0n) is 18.9. The van der Waals surface area contributed by atoms with Gasteiger partial charge < -0.3 is 15.2 Å². The van der Waals surface area contributed by atoms with Crippen molar-refractivity contribution in [3.63, 3.8) is 0 Å². The summed E-state index contributed by atoms with van der Waals surface area (Å²) in [6.07, 6.45) is 0.343. The Morgan fingerprint density at radius 2 is 1.56 bits per heavy atom. The largest absolute Gasteiger partial charge is 0.508 e. The van der Waals surface area contributed by atoms with Crippen LogP contribution in [0, 0.1) is 0 Å². The fraction of sp³-hybridized carbons (Fsp3) is 0.259. The van der Waals surface area contributed by atoms with Gasteiger partial charge in [0.1, 0.15) is 11.8 Å². The standard InChI is InChI=1S/C27H29NO4/c1-27(2,3)20-13-11-19(12-14-20)25(30)22-7-5-6-8-23(22)28-24(26(31)32-4)17-18-9-15-21(29)16-10-18/h5-16,24,28-29H,17H2,1-4H3. The predicted molar refractivity (Wildman–Crippen MR) is 126 cm³/mol. The first kappa shape index (κ1) is 23.1. The summed E-state index contributed by atoms with van der Waals surface area (Å²) in [7, 11) is 1.33. The maximum atomic E-state index is 13.3. The molecule has 0 heterocycles. The Morgan fingerprint density at radius 3 is 2.16 bits per heavy atom. The molecule has 32 heavy (non-hydrogen) atoms. The van der Waals surface area contributed by atoms with Gasteiger partial charge in [-0.15, -0.1) is 0 Å². The fourth-order valence-corrected chi connectivity index (χ4v) is 3.48. The Balaban J connectivity index is 1.87. The second kappa shape index (κ2) is 9.69. The van der Waals surface area contributed by atoms with Gasteiger partial charge in [0.05, 0.1) is 7.11 Å². The van der Waals surface area contributed by atoms with Crippen LogP contribution in [0.3, 0.4) is 0 Å². The first-order valence-corrected chi connectivity index (χ1v) is 10.6. The van der Waals surface area contributed by atoms with Gasteiger partial charge in [0.25, 0.3) is 0 Å². The van der Waals surface area contributed by atoms with E-state index in [9.17, 15) is 14.7 Å². The van der Waals surface area contributed by atoms with Gasteiger partial charge in [-0.05, 0) is 40.8 Å². The van der Waals surface area contributed by atoms with Crippen molar-refractivity contribution in [2.75, 3.05) is 12.4 Å². The summed E-state index contributed by atoms with van der Waals surface area (Å²) in [6, 6.07) is 20.7. The van der Waals surface area contributed by atoms with Crippen LogP contribution in [0.15, 0.2) is 72.8 Å². The molecule has 1 unspecified atom stereocenters. The summed E-state index contributed by atoms with van der Waals surface area (Å²) < 4.78 is 4.97. The van der Waals surface area contributed by atoms with Crippen molar-refractivity contribution < 1.29 is 19.4 Å². The number of phenolic OH excluding ortho intramolecular Hbond substituents is 1. The molecule has 0 spiro atoms. The number of aromatic hydroxyl groups is 1. The second-order valence-electron chi connectivity index (χ2n) is 8.79. The van der Waals surface area contributed by atoms with E-state index < -0.39 is 12.0 Å². The highest BCUT2D eigenvalue weighted by Crippen LogP contribution is 2.25. The number of carbonyl (C=O) groups is 2. The van der Waals surface area contributed by atoms with Gasteiger partial charge in [-0.2, -0.15) is 0 Å². The Labute approximate surface area is 189 Å². The molecule has 166 valence electrons. The Morgan fingerprint density at radius 1 is 0.938 bits per heavy atom. The number of carbonyl (C=O) groups excluding carboxylic acids is 2. The minimum absolute atomic E-state index is 0.00298. The van der Waals surface area contributed by atoms with Crippen molar-refractivity contribution >= 4 is 17.4 Å². The topological polar surface area (TPSA) is 75.6 Å². The third kappa shape index (κ3) is 5.55. The highest BCUT2D eigenvalue weighted by Gasteiger charge is 2.23. The fourth-order valence-electron chi connectivity index (χ4n) is 3.48. The number of ketones is 1. The quantitative estimate of drug-likeness (QED) is 0.401. The Kier molecular flexibility index (Phi) is 6.98. The van der Waals surface area contributed by atoms with Crippen LogP contribution in [-0.2, 0) is 21.4 Å². The first-order chi connectivity index (χ1) is 15.2. The number of hydrogen-bond acceptors (Lipinski definition) is 5. The van der Waals surface area contributed by atoms with E-state index >= 15 is 0 Å². The first-order valence-electron chi connectivity index (χ1n) is 10.6. The lowest BCUT2D eigenvalue weighted by molar-refractivity contribution is -0.141. The molecule has 3 rings (SSSR count). The number of benzene rings is 3. The molecule has 0 aliphatic rings. The second-order valence-corrected chi connectivity index (χ2v) is 8.79. The molecule has 3 aromatic carbocycles. The summed E-state index contributed by atoms with van der Waals surface area (Å²) in [4.78, 5) is 25.7. The molecule has 0 amide bonds. The van der Waals surface area contributed by atoms with Gasteiger partial charge in [0, 0.05) is 23.2 Å². The molecule has 5 nitrogen and oxygen atoms in total. The highest BCUT2D eigenvalue weighted by molar-refractivity contribution is 6.12. The van der Waals surface area contributed by atoms with Crippen LogP contribution in [0.1, 0.15) is 47.8 Å². The number of phenols is 1. The van der Waals surface area contributed by atoms with E-state index in [2.05, 4.69) is 26.1 Å². The molecule has 0 saturated carbocycles. The highest BCUT2D eigenvalue weighted by atomic mass is 16.5. The van der Waals surface area contributed by atoms with Gasteiger partial charge in [0.2, 0.25) is 0 Å². The molecule has 3 aromatic rings. The molecule has 0 fully saturated rings. The lowest BCUT2D eigenvalue weighted by atomic mass is 9.86. The number of methoxy groups -OCH3 is 1. The van der Waals surface area contributed by atoms with E-state index in [-0.39, 0.29) is 16.9 Å². The monoisotopic (exact) mass is 431 g/mol. The smallest absolute Gasteiger partial charge is 0.328 e. The zero-order valence-corrected chi connectivity index (χ0v) is 18.9. The van der Waals surface area contributed by atoms with Gasteiger partial charge >= 0.3 is 5.97 Å². The average molecular weight is 432 g/mol. The van der Waals surface area contributed by atoms with E-state index in [0.717, 1.165) is 11.1 Å². The van der Waals surface area contributed by atoms with Gasteiger partial charge in [-0.3, -0.25) is 4.79 Å². The molecular weight excluding hydrogens is 402 g/mol. The lowest BCUT2D eigenvalue weighted by Gasteiger charge is -2.20. The lowest BCUT2D eigenvalue weighted by Crippen LogP contribution is -2.33. The van der Waals surface area contributed by atoms with E-state index in [1.54, 1.807) is 42.5 Å². The maximum Gasteiger partial charge on any atom is 0.328 e. The summed E-state index contributed by atoms with van der Waals surface area (Å²) in [5.74, 6) is -0.401. The molecule has 0 aliphatic carbocycles. The van der Waals surface area contributed by atoms with Crippen LogP contribution in [0.5, 0.6) is 5.75 Å². The summed E-state index contributed by atoms with van der Waals surface area (Å²) in [6.45, 7) is 6.39. The zero-order chi connectivity index (χ0) is 23.3. The number of anilines is 1. The van der Waals surface area contributed by atoms with Crippen LogP contribution in [-0.4, -0.2) is 30.0 Å². The summed E-state index contributed by atoms with van der Waals surface area (Å²) in [5, 5.41) is 12.7. The third-order valence-electron chi connectivity index (χ3n) is 5.38. The summed E-state index contributed by atoms with van der Waals surface area (Å²) in [5.41, 5.74) is 3.64. The van der Waals surface area contributed by atoms with Crippen molar-refractivity contribution in [2.24, 2.45) is 0 Å². The normalized spacial score (nSPS) is 12.1. The molecular formula is C27H29NO4. The molecule has 0 saturated heterocycles. The molecule has 0 radical (unpaired) electrons. The molecule has 2 N–H and O–H groups in total. The number of esters is 1. The number of rotatable bonds is 7. The summed E-state index contributed by atoms with van der Waals surface area (Å²) >= 11 is 0. The minimum Gasteiger partial charge on any atom is -0.508 e. The SMILES string of the molecule is COC(=O)C(Cc1ccc(O)cc1)Nc1ccccc1C(=O)c1ccc(C(C)(C)C)cc1. The number of nitrogens with one attached hydrogen (secondary N) is 1. The number of hydrogen-bond donors (Lipinski definition) is 2. The van der Waals surface area contributed by atoms with Gasteiger partial charge in [0.15, 0.2) is 5.78 Å². The predicted octanol–water partition coefficient (Wildman–Crippen LogP) is 5.12. The van der Waals surface area contributed by atoms with E-state index in [0.29, 0.717) is 23.2 Å². The maximum absolute atomic E-state index is 13.3. The molecule has 1 atom stereocenters. The van der Waals surface area contributed by atoms with Crippen LogP contribution < -0.4 is 5.32 Å². The molecule has 0 aromatic heterocycles. The van der Waals surface area contributed by atoms with Crippen LogP contribution in [0.2, 0.25) is 0 Å². The van der Waals surface area contributed by atoms with Crippen LogP contribution in [0.25, 0.3) is 0 Å². The number of para-hydroxylation sites is 1. The van der Waals surface area contributed by atoms with Gasteiger partial charge in [-0.1, -0.05) is 69.3 Å². The van der Waals surface area contributed by atoms with Crippen LogP contribution >= 0.6 is 0 Å². The van der Waals surface area contributed by atoms with Crippen molar-refractivity contribution in [2.45, 2.75) is 38.6 Å². The van der Waals surface area contributed by atoms with E-state index in [1.165, 1.54) is 7.11 Å². The minimum atomic E-state index is -0.693. The van der Waals surface area contributed by atoms with E-state index in [4.69, 9.17) is 4.74 Å². The van der Waals surface area contributed by atoms with Crippen molar-refractivity contribution in [3.8, 4) is 5.75 Å². The number of ether oxygens (including phenoxy) is 1. The average Bonchev–Trinajstić information content (AvgIpc) is 2.79. The van der Waals surface area contributed by atoms with E-state index in [1.807, 2.05) is 30.3 Å². The Bertz CT molecular complexity index is 1080. The Hall–Kier alpha value is -3.60. The van der Waals surface area contributed by atoms with Crippen LogP contribution in [0.4, 0.5) is 5.69 Å². The van der Waals surface area contributed by atoms with Crippen molar-refractivity contribution in [3.05, 3.63) is 95.1 Å². The molecule has 0 bridgehead atoms.